The van der Waals surface area contributed by atoms with E-state index in [-0.39, 0.29) is 0 Å². The van der Waals surface area contributed by atoms with Crippen molar-refractivity contribution in [2.45, 2.75) is 51.5 Å². The monoisotopic (exact) mass is 247 g/mol. The van der Waals surface area contributed by atoms with Crippen molar-refractivity contribution in [3.05, 3.63) is 21.4 Å². The number of terminal acetylenes is 1. The zero-order valence-electron chi connectivity index (χ0n) is 10.6. The van der Waals surface area contributed by atoms with Crippen molar-refractivity contribution in [3.8, 4) is 12.3 Å². The molecule has 1 atom stereocenters. The van der Waals surface area contributed by atoms with Crippen LogP contribution in [0.1, 0.15) is 54.0 Å². The van der Waals surface area contributed by atoms with Crippen LogP contribution in [0.2, 0.25) is 0 Å². The van der Waals surface area contributed by atoms with E-state index in [2.05, 4.69) is 24.2 Å². The molecule has 0 radical (unpaired) electrons. The highest BCUT2D eigenvalue weighted by molar-refractivity contribution is 7.12. The Morgan fingerprint density at radius 3 is 3.00 bits per heavy atom. The number of hydrogen-bond acceptors (Lipinski definition) is 2. The van der Waals surface area contributed by atoms with Crippen molar-refractivity contribution in [2.24, 2.45) is 0 Å². The van der Waals surface area contributed by atoms with E-state index >= 15 is 0 Å². The van der Waals surface area contributed by atoms with E-state index < -0.39 is 0 Å². The summed E-state index contributed by atoms with van der Waals surface area (Å²) in [4.78, 5) is 3.05. The van der Waals surface area contributed by atoms with E-state index in [4.69, 9.17) is 6.42 Å². The van der Waals surface area contributed by atoms with Crippen molar-refractivity contribution in [1.29, 1.82) is 0 Å². The summed E-state index contributed by atoms with van der Waals surface area (Å²) < 4.78 is 0. The van der Waals surface area contributed by atoms with Crippen LogP contribution in [0.15, 0.2) is 6.07 Å². The minimum absolute atomic E-state index is 0.363. The molecule has 0 saturated heterocycles. The molecule has 1 N–H and O–H groups in total. The third-order valence-electron chi connectivity index (χ3n) is 3.38. The van der Waals surface area contributed by atoms with E-state index in [1.807, 2.05) is 11.3 Å². The summed E-state index contributed by atoms with van der Waals surface area (Å²) in [5.74, 6) is 2.79. The lowest BCUT2D eigenvalue weighted by Crippen LogP contribution is -2.19. The number of rotatable bonds is 4. The molecule has 1 nitrogen and oxygen atoms in total. The zero-order chi connectivity index (χ0) is 12.1. The molecule has 0 bridgehead atoms. The van der Waals surface area contributed by atoms with Crippen LogP contribution in [-0.4, -0.2) is 6.54 Å². The first kappa shape index (κ1) is 12.7. The van der Waals surface area contributed by atoms with E-state index in [1.165, 1.54) is 37.0 Å². The topological polar surface area (TPSA) is 12.0 Å². The van der Waals surface area contributed by atoms with Gasteiger partial charge in [-0.05, 0) is 43.9 Å². The number of fused-ring (bicyclic) bond motifs is 1. The third-order valence-corrected chi connectivity index (χ3v) is 4.73. The van der Waals surface area contributed by atoms with Gasteiger partial charge in [-0.15, -0.1) is 23.7 Å². The van der Waals surface area contributed by atoms with E-state index in [0.717, 1.165) is 13.0 Å². The van der Waals surface area contributed by atoms with Crippen LogP contribution in [0.5, 0.6) is 0 Å². The average Bonchev–Trinajstić information content (AvgIpc) is 2.60. The van der Waals surface area contributed by atoms with Crippen molar-refractivity contribution < 1.29 is 0 Å². The van der Waals surface area contributed by atoms with Crippen molar-refractivity contribution in [2.75, 3.05) is 6.54 Å². The molecule has 0 amide bonds. The van der Waals surface area contributed by atoms with Crippen molar-refractivity contribution >= 4 is 11.3 Å². The molecule has 1 aliphatic carbocycles. The smallest absolute Gasteiger partial charge is 0.0525 e. The number of hydrogen-bond donors (Lipinski definition) is 1. The van der Waals surface area contributed by atoms with Crippen molar-refractivity contribution in [3.63, 3.8) is 0 Å². The Morgan fingerprint density at radius 2 is 2.24 bits per heavy atom. The molecule has 1 aromatic heterocycles. The van der Waals surface area contributed by atoms with Crippen LogP contribution < -0.4 is 5.32 Å². The average molecular weight is 247 g/mol. The first-order chi connectivity index (χ1) is 8.35. The molecule has 0 spiro atoms. The molecular formula is C15H21NS. The Morgan fingerprint density at radius 1 is 1.41 bits per heavy atom. The van der Waals surface area contributed by atoms with Gasteiger partial charge in [0.2, 0.25) is 0 Å². The molecule has 1 heterocycles. The fourth-order valence-corrected chi connectivity index (χ4v) is 3.83. The van der Waals surface area contributed by atoms with Gasteiger partial charge < -0.3 is 5.32 Å². The maximum atomic E-state index is 5.46. The first-order valence-electron chi connectivity index (χ1n) is 6.63. The van der Waals surface area contributed by atoms with Gasteiger partial charge >= 0.3 is 0 Å². The highest BCUT2D eigenvalue weighted by atomic mass is 32.1. The van der Waals surface area contributed by atoms with Crippen LogP contribution in [0.4, 0.5) is 0 Å². The lowest BCUT2D eigenvalue weighted by atomic mass is 10.1. The summed E-state index contributed by atoms with van der Waals surface area (Å²) in [6.07, 6.45) is 12.9. The van der Waals surface area contributed by atoms with Gasteiger partial charge in [-0.3, -0.25) is 0 Å². The summed E-state index contributed by atoms with van der Waals surface area (Å²) in [5.41, 5.74) is 1.59. The maximum Gasteiger partial charge on any atom is 0.0525 e. The lowest BCUT2D eigenvalue weighted by molar-refractivity contribution is 0.573. The van der Waals surface area contributed by atoms with Crippen LogP contribution >= 0.6 is 11.3 Å². The quantitative estimate of drug-likeness (QED) is 0.632. The van der Waals surface area contributed by atoms with Gasteiger partial charge in [0.25, 0.3) is 0 Å². The minimum Gasteiger partial charge on any atom is -0.309 e. The summed E-state index contributed by atoms with van der Waals surface area (Å²) in [6.45, 7) is 3.12. The Balaban J connectivity index is 2.17. The molecule has 0 saturated carbocycles. The summed E-state index contributed by atoms with van der Waals surface area (Å²) in [5, 5.41) is 3.49. The molecule has 1 unspecified atom stereocenters. The second-order valence-corrected chi connectivity index (χ2v) is 5.84. The van der Waals surface area contributed by atoms with Crippen LogP contribution in [0.3, 0.4) is 0 Å². The van der Waals surface area contributed by atoms with Crippen LogP contribution in [0, 0.1) is 12.3 Å². The number of aryl methyl sites for hydroxylation is 2. The fraction of sp³-hybridized carbons (Fsp3) is 0.600. The van der Waals surface area contributed by atoms with Gasteiger partial charge in [0.15, 0.2) is 0 Å². The molecule has 0 aromatic carbocycles. The predicted octanol–water partition coefficient (Wildman–Crippen LogP) is 3.69. The lowest BCUT2D eigenvalue weighted by Gasteiger charge is -2.12. The Hall–Kier alpha value is -0.780. The Kier molecular flexibility index (Phi) is 4.65. The third kappa shape index (κ3) is 3.12. The Labute approximate surface area is 109 Å². The van der Waals surface area contributed by atoms with Gasteiger partial charge in [-0.25, -0.2) is 0 Å². The molecule has 92 valence electrons. The van der Waals surface area contributed by atoms with Crippen molar-refractivity contribution in [1.82, 2.24) is 5.32 Å². The minimum atomic E-state index is 0.363. The Bertz CT molecular complexity index is 376. The molecule has 1 aromatic rings. The van der Waals surface area contributed by atoms with E-state index in [9.17, 15) is 0 Å². The first-order valence-corrected chi connectivity index (χ1v) is 7.45. The maximum absolute atomic E-state index is 5.46. The largest absolute Gasteiger partial charge is 0.309 e. The van der Waals surface area contributed by atoms with Crippen LogP contribution in [0.25, 0.3) is 0 Å². The summed E-state index contributed by atoms with van der Waals surface area (Å²) in [7, 11) is 0. The molecule has 2 heteroatoms. The second kappa shape index (κ2) is 6.23. The highest BCUT2D eigenvalue weighted by Gasteiger charge is 2.17. The molecule has 2 rings (SSSR count). The predicted molar refractivity (Wildman–Crippen MR) is 75.4 cm³/mol. The molecule has 17 heavy (non-hydrogen) atoms. The standard InChI is InChI=1S/C15H21NS/c1-3-8-13(16-4-2)15-11-12-9-6-5-7-10-14(12)17-15/h1,11,13,16H,4-10H2,2H3. The van der Waals surface area contributed by atoms with E-state index in [1.54, 1.807) is 10.4 Å². The van der Waals surface area contributed by atoms with Crippen LogP contribution in [-0.2, 0) is 12.8 Å². The number of nitrogens with one attached hydrogen (secondary N) is 1. The number of thiophene rings is 1. The molecular weight excluding hydrogens is 226 g/mol. The second-order valence-electron chi connectivity index (χ2n) is 4.68. The van der Waals surface area contributed by atoms with E-state index in [0.29, 0.717) is 6.04 Å². The van der Waals surface area contributed by atoms with Gasteiger partial charge in [0.1, 0.15) is 0 Å². The molecule has 0 aliphatic heterocycles. The SMILES string of the molecule is C#CCC(NCC)c1cc2c(s1)CCCCC2. The van der Waals surface area contributed by atoms with Gasteiger partial charge in [0, 0.05) is 16.2 Å². The zero-order valence-corrected chi connectivity index (χ0v) is 11.4. The molecule has 1 aliphatic rings. The normalized spacial score (nSPS) is 16.9. The van der Waals surface area contributed by atoms with Gasteiger partial charge in [-0.2, -0.15) is 0 Å². The summed E-state index contributed by atoms with van der Waals surface area (Å²) >= 11 is 1.98. The van der Waals surface area contributed by atoms with Gasteiger partial charge in [-0.1, -0.05) is 13.3 Å². The highest BCUT2D eigenvalue weighted by Crippen LogP contribution is 2.33. The summed E-state index contributed by atoms with van der Waals surface area (Å²) in [6, 6.07) is 2.76. The van der Waals surface area contributed by atoms with Gasteiger partial charge in [0.05, 0.1) is 6.04 Å². The fourth-order valence-electron chi connectivity index (χ4n) is 2.50. The molecule has 0 fully saturated rings.